The van der Waals surface area contributed by atoms with Gasteiger partial charge < -0.3 is 47.1 Å². The smallest absolute Gasteiger partial charge is 0.249 e. The minimum absolute atomic E-state index is 0.0737. The highest BCUT2D eigenvalue weighted by molar-refractivity contribution is 5.80. The van der Waals surface area contributed by atoms with E-state index in [0.717, 1.165) is 38.8 Å². The SMILES string of the molecule is CNCCC(O)C(=O)NC1CC(N)[C@@H](O[C@@H]2CCCC(CNCCCN)O2)C(O)C1. The van der Waals surface area contributed by atoms with Crippen LogP contribution in [0.1, 0.15) is 44.9 Å². The highest BCUT2D eigenvalue weighted by atomic mass is 16.7. The standard InChI is InChI=1S/C20H41N5O5/c1-23-9-6-16(26)20(28)25-13-10-15(22)19(17(27)11-13)30-18-5-2-4-14(29-18)12-24-8-3-7-21/h13-19,23-24,26-27H,2-12,21-22H2,1H3,(H,25,28)/t13?,14?,15?,16?,17?,18-,19-/m1/s1. The Morgan fingerprint density at radius 1 is 1.30 bits per heavy atom. The van der Waals surface area contributed by atoms with Crippen molar-refractivity contribution >= 4 is 5.91 Å². The van der Waals surface area contributed by atoms with E-state index in [9.17, 15) is 15.0 Å². The number of ether oxygens (including phenoxy) is 2. The van der Waals surface area contributed by atoms with E-state index in [0.29, 0.717) is 32.4 Å². The van der Waals surface area contributed by atoms with Crippen molar-refractivity contribution in [2.24, 2.45) is 11.5 Å². The van der Waals surface area contributed by atoms with Crippen LogP contribution in [0.2, 0.25) is 0 Å². The van der Waals surface area contributed by atoms with Crippen LogP contribution in [-0.2, 0) is 14.3 Å². The maximum Gasteiger partial charge on any atom is 0.249 e. The first-order valence-corrected chi connectivity index (χ1v) is 11.2. The van der Waals surface area contributed by atoms with Crippen molar-refractivity contribution in [3.63, 3.8) is 0 Å². The first kappa shape index (κ1) is 25.4. The number of hydrogen-bond donors (Lipinski definition) is 7. The Hall–Kier alpha value is -0.850. The van der Waals surface area contributed by atoms with Crippen molar-refractivity contribution in [1.29, 1.82) is 0 Å². The second-order valence-corrected chi connectivity index (χ2v) is 8.38. The van der Waals surface area contributed by atoms with E-state index in [1.54, 1.807) is 7.05 Å². The van der Waals surface area contributed by atoms with Crippen LogP contribution in [0.3, 0.4) is 0 Å². The molecule has 0 radical (unpaired) electrons. The van der Waals surface area contributed by atoms with Gasteiger partial charge in [-0.15, -0.1) is 0 Å². The van der Waals surface area contributed by atoms with E-state index in [1.807, 2.05) is 0 Å². The van der Waals surface area contributed by atoms with Gasteiger partial charge in [0.15, 0.2) is 6.29 Å². The number of aliphatic hydroxyl groups excluding tert-OH is 2. The van der Waals surface area contributed by atoms with E-state index >= 15 is 0 Å². The summed E-state index contributed by atoms with van der Waals surface area (Å²) in [6.45, 7) is 2.83. The second-order valence-electron chi connectivity index (χ2n) is 8.38. The van der Waals surface area contributed by atoms with Crippen LogP contribution in [0.15, 0.2) is 0 Å². The molecular formula is C20H41N5O5. The van der Waals surface area contributed by atoms with Gasteiger partial charge in [-0.3, -0.25) is 4.79 Å². The van der Waals surface area contributed by atoms with Gasteiger partial charge in [0, 0.05) is 18.6 Å². The van der Waals surface area contributed by atoms with Crippen molar-refractivity contribution < 1.29 is 24.5 Å². The summed E-state index contributed by atoms with van der Waals surface area (Å²) in [6.07, 6.45) is 2.07. The molecule has 1 saturated heterocycles. The summed E-state index contributed by atoms with van der Waals surface area (Å²) in [5.74, 6) is -0.436. The molecule has 176 valence electrons. The minimum Gasteiger partial charge on any atom is -0.390 e. The maximum absolute atomic E-state index is 12.1. The first-order chi connectivity index (χ1) is 14.4. The number of hydrogen-bond acceptors (Lipinski definition) is 9. The lowest BCUT2D eigenvalue weighted by Gasteiger charge is -2.41. The number of nitrogens with one attached hydrogen (secondary N) is 3. The molecule has 2 aliphatic rings. The molecule has 7 atom stereocenters. The number of amides is 1. The molecule has 0 spiro atoms. The third-order valence-electron chi connectivity index (χ3n) is 5.75. The molecule has 0 aromatic heterocycles. The van der Waals surface area contributed by atoms with Gasteiger partial charge in [0.25, 0.3) is 0 Å². The molecule has 1 heterocycles. The van der Waals surface area contributed by atoms with E-state index in [-0.39, 0.29) is 18.4 Å². The number of aliphatic hydroxyl groups is 2. The highest BCUT2D eigenvalue weighted by Crippen LogP contribution is 2.27. The lowest BCUT2D eigenvalue weighted by molar-refractivity contribution is -0.237. The maximum atomic E-state index is 12.1. The molecule has 0 aromatic carbocycles. The summed E-state index contributed by atoms with van der Waals surface area (Å²) < 4.78 is 12.1. The summed E-state index contributed by atoms with van der Waals surface area (Å²) in [7, 11) is 1.76. The molecule has 10 nitrogen and oxygen atoms in total. The molecule has 2 rings (SSSR count). The minimum atomic E-state index is -1.08. The van der Waals surface area contributed by atoms with E-state index in [1.165, 1.54) is 0 Å². The lowest BCUT2D eigenvalue weighted by atomic mass is 9.86. The Kier molecular flexibility index (Phi) is 11.5. The summed E-state index contributed by atoms with van der Waals surface area (Å²) in [5.41, 5.74) is 11.8. The van der Waals surface area contributed by atoms with Crippen molar-refractivity contribution in [2.45, 2.75) is 87.7 Å². The third-order valence-corrected chi connectivity index (χ3v) is 5.75. The highest BCUT2D eigenvalue weighted by Gasteiger charge is 2.39. The summed E-state index contributed by atoms with van der Waals surface area (Å²) >= 11 is 0. The van der Waals surface area contributed by atoms with E-state index < -0.39 is 30.3 Å². The lowest BCUT2D eigenvalue weighted by Crippen LogP contribution is -2.58. The quantitative estimate of drug-likeness (QED) is 0.176. The molecule has 9 N–H and O–H groups in total. The Morgan fingerprint density at radius 3 is 2.80 bits per heavy atom. The van der Waals surface area contributed by atoms with Gasteiger partial charge in [-0.25, -0.2) is 0 Å². The average Bonchev–Trinajstić information content (AvgIpc) is 2.72. The molecule has 1 amide bonds. The van der Waals surface area contributed by atoms with Crippen LogP contribution < -0.4 is 27.4 Å². The Balaban J connectivity index is 1.76. The predicted octanol–water partition coefficient (Wildman–Crippen LogP) is -1.86. The van der Waals surface area contributed by atoms with Gasteiger partial charge >= 0.3 is 0 Å². The fraction of sp³-hybridized carbons (Fsp3) is 0.950. The second kappa shape index (κ2) is 13.5. The van der Waals surface area contributed by atoms with Crippen LogP contribution >= 0.6 is 0 Å². The number of nitrogens with two attached hydrogens (primary N) is 2. The van der Waals surface area contributed by atoms with Gasteiger partial charge in [-0.2, -0.15) is 0 Å². The van der Waals surface area contributed by atoms with Crippen LogP contribution in [-0.4, -0.2) is 92.1 Å². The van der Waals surface area contributed by atoms with E-state index in [4.69, 9.17) is 20.9 Å². The van der Waals surface area contributed by atoms with Gasteiger partial charge in [0.05, 0.1) is 12.2 Å². The molecule has 5 unspecified atom stereocenters. The molecule has 1 aliphatic carbocycles. The fourth-order valence-corrected chi connectivity index (χ4v) is 4.07. The normalized spacial score (nSPS) is 33.2. The molecular weight excluding hydrogens is 390 g/mol. The molecule has 0 aromatic rings. The number of rotatable bonds is 12. The zero-order valence-corrected chi connectivity index (χ0v) is 18.1. The predicted molar refractivity (Wildman–Crippen MR) is 114 cm³/mol. The summed E-state index contributed by atoms with van der Waals surface area (Å²) in [5, 5.41) is 29.5. The third kappa shape index (κ3) is 8.35. The molecule has 10 heteroatoms. The topological polar surface area (TPSA) is 164 Å². The zero-order valence-electron chi connectivity index (χ0n) is 18.1. The van der Waals surface area contributed by atoms with Crippen LogP contribution in [0.5, 0.6) is 0 Å². The van der Waals surface area contributed by atoms with Crippen LogP contribution in [0.25, 0.3) is 0 Å². The molecule has 30 heavy (non-hydrogen) atoms. The van der Waals surface area contributed by atoms with Gasteiger partial charge in [-0.05, 0) is 71.6 Å². The Bertz CT molecular complexity index is 488. The fourth-order valence-electron chi connectivity index (χ4n) is 4.07. The van der Waals surface area contributed by atoms with Gasteiger partial charge in [-0.1, -0.05) is 0 Å². The monoisotopic (exact) mass is 431 g/mol. The van der Waals surface area contributed by atoms with Crippen molar-refractivity contribution in [3.8, 4) is 0 Å². The van der Waals surface area contributed by atoms with Crippen LogP contribution in [0.4, 0.5) is 0 Å². The number of carbonyl (C=O) groups is 1. The van der Waals surface area contributed by atoms with Crippen LogP contribution in [0, 0.1) is 0 Å². The average molecular weight is 432 g/mol. The largest absolute Gasteiger partial charge is 0.390 e. The van der Waals surface area contributed by atoms with Gasteiger partial charge in [0.1, 0.15) is 12.2 Å². The molecule has 0 bridgehead atoms. The van der Waals surface area contributed by atoms with Crippen molar-refractivity contribution in [2.75, 3.05) is 33.2 Å². The summed E-state index contributed by atoms with van der Waals surface area (Å²) in [6, 6.07) is -0.724. The van der Waals surface area contributed by atoms with E-state index in [2.05, 4.69) is 16.0 Å². The van der Waals surface area contributed by atoms with Crippen molar-refractivity contribution in [3.05, 3.63) is 0 Å². The Morgan fingerprint density at radius 2 is 2.10 bits per heavy atom. The summed E-state index contributed by atoms with van der Waals surface area (Å²) in [4.78, 5) is 12.1. The molecule has 1 saturated carbocycles. The Labute approximate surface area is 179 Å². The molecule has 1 aliphatic heterocycles. The first-order valence-electron chi connectivity index (χ1n) is 11.2. The molecule has 2 fully saturated rings. The van der Waals surface area contributed by atoms with Gasteiger partial charge in [0.2, 0.25) is 5.91 Å². The van der Waals surface area contributed by atoms with Crippen molar-refractivity contribution in [1.82, 2.24) is 16.0 Å². The number of carbonyl (C=O) groups excluding carboxylic acids is 1. The zero-order chi connectivity index (χ0) is 21.9.